The van der Waals surface area contributed by atoms with Crippen LogP contribution in [0.3, 0.4) is 0 Å². The highest BCUT2D eigenvalue weighted by Gasteiger charge is 2.30. The molecule has 2 aromatic heterocycles. The summed E-state index contributed by atoms with van der Waals surface area (Å²) in [5.74, 6) is 5.56. The van der Waals surface area contributed by atoms with Crippen molar-refractivity contribution in [3.05, 3.63) is 47.0 Å². The van der Waals surface area contributed by atoms with Gasteiger partial charge in [0.25, 0.3) is 5.91 Å². The zero-order valence-corrected chi connectivity index (χ0v) is 26.2. The Balaban J connectivity index is 1.68. The van der Waals surface area contributed by atoms with Crippen LogP contribution in [0.15, 0.2) is 36.4 Å². The van der Waals surface area contributed by atoms with E-state index in [0.717, 1.165) is 43.0 Å². The number of rotatable bonds is 6. The predicted molar refractivity (Wildman–Crippen MR) is 165 cm³/mol. The van der Waals surface area contributed by atoms with Crippen LogP contribution in [-0.4, -0.2) is 85.0 Å². The number of nitrogens with one attached hydrogen (secondary N) is 1. The third-order valence-electron chi connectivity index (χ3n) is 6.90. The van der Waals surface area contributed by atoms with Gasteiger partial charge in [0.2, 0.25) is 0 Å². The molecule has 0 radical (unpaired) electrons. The van der Waals surface area contributed by atoms with Crippen molar-refractivity contribution in [3.63, 3.8) is 0 Å². The number of aromatic nitrogens is 1. The standard InChI is InChI=1S/C31H38F3N5O3S/c1-30(2,3)42-29(41)38(27-13-12-26(43-27)28(40)36(4)5)16-8-9-22-19-23-24(35-21-14-17-37(6)18-15-21)10-7-11-25(23)39(22)20-31(32,33)34/h7,10-13,19,21,35H,14-18,20H2,1-6H3. The van der Waals surface area contributed by atoms with Crippen LogP contribution in [0.5, 0.6) is 0 Å². The first-order valence-corrected chi connectivity index (χ1v) is 14.9. The minimum Gasteiger partial charge on any atom is -0.443 e. The summed E-state index contributed by atoms with van der Waals surface area (Å²) in [4.78, 5) is 31.0. The third-order valence-corrected chi connectivity index (χ3v) is 8.00. The summed E-state index contributed by atoms with van der Waals surface area (Å²) < 4.78 is 47.9. The highest BCUT2D eigenvalue weighted by Crippen LogP contribution is 2.32. The fourth-order valence-electron chi connectivity index (χ4n) is 4.80. The van der Waals surface area contributed by atoms with E-state index in [-0.39, 0.29) is 24.2 Å². The maximum atomic E-state index is 13.7. The lowest BCUT2D eigenvalue weighted by molar-refractivity contribution is -0.140. The number of likely N-dealkylation sites (tertiary alicyclic amines) is 1. The van der Waals surface area contributed by atoms with E-state index < -0.39 is 24.4 Å². The van der Waals surface area contributed by atoms with E-state index in [1.165, 1.54) is 14.4 Å². The van der Waals surface area contributed by atoms with Crippen LogP contribution in [0, 0.1) is 11.8 Å². The normalized spacial score (nSPS) is 14.7. The molecule has 43 heavy (non-hydrogen) atoms. The zero-order chi connectivity index (χ0) is 31.5. The van der Waals surface area contributed by atoms with Crippen molar-refractivity contribution in [1.29, 1.82) is 0 Å². The molecule has 1 aliphatic heterocycles. The second-order valence-electron chi connectivity index (χ2n) is 11.9. The first-order chi connectivity index (χ1) is 20.1. The Kier molecular flexibility index (Phi) is 9.66. The molecule has 1 aliphatic rings. The van der Waals surface area contributed by atoms with E-state index in [4.69, 9.17) is 4.74 Å². The zero-order valence-electron chi connectivity index (χ0n) is 25.3. The average molecular weight is 618 g/mol. The molecule has 1 aromatic carbocycles. The lowest BCUT2D eigenvalue weighted by Crippen LogP contribution is -2.36. The van der Waals surface area contributed by atoms with E-state index in [2.05, 4.69) is 29.1 Å². The molecular formula is C31H38F3N5O3S. The van der Waals surface area contributed by atoms with Gasteiger partial charge >= 0.3 is 12.3 Å². The minimum atomic E-state index is -4.46. The van der Waals surface area contributed by atoms with Crippen molar-refractivity contribution in [2.75, 3.05) is 51.0 Å². The maximum Gasteiger partial charge on any atom is 0.416 e. The molecule has 1 saturated heterocycles. The van der Waals surface area contributed by atoms with Gasteiger partial charge in [-0.15, -0.1) is 11.3 Å². The molecule has 8 nitrogen and oxygen atoms in total. The molecule has 0 bridgehead atoms. The van der Waals surface area contributed by atoms with Crippen molar-refractivity contribution in [1.82, 2.24) is 14.4 Å². The molecule has 4 rings (SSSR count). The monoisotopic (exact) mass is 617 g/mol. The molecule has 0 aliphatic carbocycles. The number of ether oxygens (including phenoxy) is 1. The topological polar surface area (TPSA) is 70.1 Å². The Hall–Kier alpha value is -3.69. The summed E-state index contributed by atoms with van der Waals surface area (Å²) in [5.41, 5.74) is 0.582. The van der Waals surface area contributed by atoms with Crippen LogP contribution in [0.2, 0.25) is 0 Å². The van der Waals surface area contributed by atoms with Crippen LogP contribution in [0.25, 0.3) is 10.9 Å². The Morgan fingerprint density at radius 1 is 1.12 bits per heavy atom. The fraction of sp³-hybridized carbons (Fsp3) is 0.484. The number of halogens is 3. The second-order valence-corrected chi connectivity index (χ2v) is 13.0. The molecule has 1 N–H and O–H groups in total. The van der Waals surface area contributed by atoms with Crippen LogP contribution >= 0.6 is 11.3 Å². The number of nitrogens with zero attached hydrogens (tertiary/aromatic N) is 4. The number of fused-ring (bicyclic) bond motifs is 1. The molecule has 0 atom stereocenters. The SMILES string of the molecule is CN1CCC(Nc2cccc3c2cc(C#CCN(C(=O)OC(C)(C)C)c2ccc(C(=O)N(C)C)s2)n3CC(F)(F)F)CC1. The quantitative estimate of drug-likeness (QED) is 0.331. The number of alkyl halides is 3. The van der Waals surface area contributed by atoms with E-state index in [0.29, 0.717) is 20.8 Å². The summed E-state index contributed by atoms with van der Waals surface area (Å²) in [6.07, 6.45) is -3.26. The van der Waals surface area contributed by atoms with Crippen molar-refractivity contribution >= 4 is 44.9 Å². The van der Waals surface area contributed by atoms with Gasteiger partial charge in [0.15, 0.2) is 0 Å². The Morgan fingerprint density at radius 2 is 1.81 bits per heavy atom. The van der Waals surface area contributed by atoms with Gasteiger partial charge in [0.1, 0.15) is 17.1 Å². The van der Waals surface area contributed by atoms with E-state index in [9.17, 15) is 22.8 Å². The highest BCUT2D eigenvalue weighted by atomic mass is 32.1. The van der Waals surface area contributed by atoms with Gasteiger partial charge in [-0.25, -0.2) is 4.79 Å². The second kappa shape index (κ2) is 12.9. The number of thiophene rings is 1. The summed E-state index contributed by atoms with van der Waals surface area (Å²) in [7, 11) is 5.34. The number of benzene rings is 1. The number of carbonyl (C=O) groups excluding carboxylic acids is 2. The molecule has 12 heteroatoms. The lowest BCUT2D eigenvalue weighted by Gasteiger charge is -2.30. The van der Waals surface area contributed by atoms with Crippen LogP contribution < -0.4 is 10.2 Å². The molecule has 0 unspecified atom stereocenters. The average Bonchev–Trinajstić information content (AvgIpc) is 3.51. The summed E-state index contributed by atoms with van der Waals surface area (Å²) in [6.45, 7) is 5.74. The summed E-state index contributed by atoms with van der Waals surface area (Å²) in [5, 5.41) is 4.63. The maximum absolute atomic E-state index is 13.7. The molecule has 3 aromatic rings. The van der Waals surface area contributed by atoms with Gasteiger partial charge in [-0.2, -0.15) is 13.2 Å². The fourth-order valence-corrected chi connectivity index (χ4v) is 5.82. The van der Waals surface area contributed by atoms with E-state index in [1.807, 2.05) is 6.07 Å². The third kappa shape index (κ3) is 8.45. The van der Waals surface area contributed by atoms with Crippen LogP contribution in [0.4, 0.5) is 28.7 Å². The van der Waals surface area contributed by atoms with Crippen molar-refractivity contribution < 1.29 is 27.5 Å². The minimum absolute atomic E-state index is 0.154. The van der Waals surface area contributed by atoms with Crippen molar-refractivity contribution in [2.45, 2.75) is 58.0 Å². The molecule has 2 amide bonds. The van der Waals surface area contributed by atoms with Crippen molar-refractivity contribution in [2.24, 2.45) is 0 Å². The molecular weight excluding hydrogens is 579 g/mol. The molecule has 3 heterocycles. The van der Waals surface area contributed by atoms with E-state index in [1.54, 1.807) is 65.2 Å². The molecule has 1 fully saturated rings. The molecule has 0 saturated carbocycles. The molecule has 0 spiro atoms. The predicted octanol–water partition coefficient (Wildman–Crippen LogP) is 6.27. The van der Waals surface area contributed by atoms with E-state index >= 15 is 0 Å². The summed E-state index contributed by atoms with van der Waals surface area (Å²) >= 11 is 1.11. The number of carbonyl (C=O) groups is 2. The number of amides is 2. The van der Waals surface area contributed by atoms with Gasteiger partial charge in [0.05, 0.1) is 22.6 Å². The Bertz CT molecular complexity index is 1520. The molecule has 232 valence electrons. The first kappa shape index (κ1) is 32.2. The largest absolute Gasteiger partial charge is 0.443 e. The number of piperidine rings is 1. The highest BCUT2D eigenvalue weighted by molar-refractivity contribution is 7.18. The van der Waals surface area contributed by atoms with Crippen molar-refractivity contribution in [3.8, 4) is 11.8 Å². The Morgan fingerprint density at radius 3 is 2.44 bits per heavy atom. The number of hydrogen-bond acceptors (Lipinski definition) is 6. The lowest BCUT2D eigenvalue weighted by atomic mass is 10.0. The van der Waals surface area contributed by atoms with Gasteiger partial charge in [-0.3, -0.25) is 9.69 Å². The summed E-state index contributed by atoms with van der Waals surface area (Å²) in [6, 6.07) is 10.4. The van der Waals surface area contributed by atoms with Crippen LogP contribution in [0.1, 0.15) is 49.0 Å². The smallest absolute Gasteiger partial charge is 0.416 e. The Labute approximate surface area is 254 Å². The van der Waals surface area contributed by atoms with Crippen LogP contribution in [-0.2, 0) is 11.3 Å². The number of anilines is 2. The first-order valence-electron chi connectivity index (χ1n) is 14.1. The van der Waals surface area contributed by atoms with Gasteiger partial charge in [0, 0.05) is 31.2 Å². The number of hydrogen-bond donors (Lipinski definition) is 1. The van der Waals surface area contributed by atoms with Gasteiger partial charge in [-0.1, -0.05) is 12.0 Å². The van der Waals surface area contributed by atoms with Gasteiger partial charge < -0.3 is 24.4 Å². The van der Waals surface area contributed by atoms with Gasteiger partial charge in [-0.05, 0) is 90.0 Å².